The molecule has 2 aromatic heterocycles. The van der Waals surface area contributed by atoms with Gasteiger partial charge in [0.1, 0.15) is 6.54 Å². The Hall–Kier alpha value is -2.51. The zero-order valence-corrected chi connectivity index (χ0v) is 8.82. The molecule has 0 aromatic carbocycles. The number of hydrogen-bond acceptors (Lipinski definition) is 6. The summed E-state index contributed by atoms with van der Waals surface area (Å²) in [6.07, 6.45) is 0. The van der Waals surface area contributed by atoms with Crippen molar-refractivity contribution in [2.45, 2.75) is 13.5 Å². The summed E-state index contributed by atoms with van der Waals surface area (Å²) in [6, 6.07) is 2.26. The van der Waals surface area contributed by atoms with Gasteiger partial charge in [0.05, 0.1) is 0 Å². The van der Waals surface area contributed by atoms with Crippen LogP contribution in [0.2, 0.25) is 0 Å². The molecule has 0 saturated carbocycles. The number of hydrogen-bond donors (Lipinski definition) is 1. The van der Waals surface area contributed by atoms with Crippen molar-refractivity contribution in [3.63, 3.8) is 0 Å². The molecule has 0 aliphatic heterocycles. The van der Waals surface area contributed by atoms with E-state index in [0.717, 1.165) is 16.8 Å². The van der Waals surface area contributed by atoms with Crippen LogP contribution in [0.1, 0.15) is 22.2 Å². The Balaban J connectivity index is 2.35. The number of rotatable bonds is 3. The van der Waals surface area contributed by atoms with E-state index in [4.69, 9.17) is 9.63 Å². The summed E-state index contributed by atoms with van der Waals surface area (Å²) in [4.78, 5) is 26.0. The Morgan fingerprint density at radius 1 is 1.53 bits per heavy atom. The highest BCUT2D eigenvalue weighted by atomic mass is 16.5. The number of aromatic carboxylic acids is 1. The molecule has 8 nitrogen and oxygen atoms in total. The molecule has 88 valence electrons. The number of nitrogens with zero attached hydrogens (tertiary/aromatic N) is 4. The van der Waals surface area contributed by atoms with Gasteiger partial charge >= 0.3 is 5.97 Å². The van der Waals surface area contributed by atoms with Crippen LogP contribution in [0, 0.1) is 6.92 Å². The second-order valence-electron chi connectivity index (χ2n) is 3.25. The normalized spacial score (nSPS) is 10.4. The number of aromatic nitrogens is 4. The van der Waals surface area contributed by atoms with Crippen molar-refractivity contribution in [2.24, 2.45) is 0 Å². The molecule has 17 heavy (non-hydrogen) atoms. The Bertz CT molecular complexity index is 615. The van der Waals surface area contributed by atoms with Crippen LogP contribution in [-0.4, -0.2) is 31.0 Å². The molecule has 8 heteroatoms. The first-order chi connectivity index (χ1) is 8.06. The maximum Gasteiger partial charge on any atom is 0.356 e. The van der Waals surface area contributed by atoms with Gasteiger partial charge in [0, 0.05) is 6.07 Å². The molecular formula is C9H8N4O4. The number of carboxylic acid groups (broad SMARTS) is 1. The van der Waals surface area contributed by atoms with Crippen LogP contribution in [0.25, 0.3) is 0 Å². The van der Waals surface area contributed by atoms with Gasteiger partial charge in [-0.25, -0.2) is 9.48 Å². The highest BCUT2D eigenvalue weighted by Crippen LogP contribution is 1.98. The molecule has 2 heterocycles. The van der Waals surface area contributed by atoms with Crippen LogP contribution in [0.3, 0.4) is 0 Å². The lowest BCUT2D eigenvalue weighted by atomic mass is 10.4. The van der Waals surface area contributed by atoms with Crippen LogP contribution in [0.5, 0.6) is 0 Å². The third kappa shape index (κ3) is 2.36. The molecule has 0 aliphatic carbocycles. The summed E-state index contributed by atoms with van der Waals surface area (Å²) in [6.45, 7) is 1.58. The van der Waals surface area contributed by atoms with E-state index in [0.29, 0.717) is 5.82 Å². The fourth-order valence-corrected chi connectivity index (χ4v) is 1.21. The molecule has 0 saturated heterocycles. The molecule has 0 spiro atoms. The lowest BCUT2D eigenvalue weighted by molar-refractivity contribution is 0.0687. The van der Waals surface area contributed by atoms with Gasteiger partial charge in [-0.05, 0) is 13.0 Å². The Morgan fingerprint density at radius 3 is 2.88 bits per heavy atom. The van der Waals surface area contributed by atoms with Gasteiger partial charge in [0.2, 0.25) is 5.89 Å². The van der Waals surface area contributed by atoms with Gasteiger partial charge in [-0.1, -0.05) is 5.16 Å². The summed E-state index contributed by atoms with van der Waals surface area (Å²) in [5.41, 5.74) is -0.660. The third-order valence-corrected chi connectivity index (χ3v) is 1.94. The molecule has 0 fully saturated rings. The van der Waals surface area contributed by atoms with E-state index in [9.17, 15) is 9.59 Å². The topological polar surface area (TPSA) is 111 Å². The Labute approximate surface area is 94.5 Å². The van der Waals surface area contributed by atoms with Crippen molar-refractivity contribution in [3.8, 4) is 0 Å². The summed E-state index contributed by atoms with van der Waals surface area (Å²) in [5.74, 6) is -0.581. The molecule has 1 N–H and O–H groups in total. The van der Waals surface area contributed by atoms with E-state index >= 15 is 0 Å². The van der Waals surface area contributed by atoms with Gasteiger partial charge in [-0.2, -0.15) is 10.1 Å². The minimum absolute atomic E-state index is 0.0548. The molecule has 0 bridgehead atoms. The molecule has 2 aromatic rings. The monoisotopic (exact) mass is 236 g/mol. The second-order valence-corrected chi connectivity index (χ2v) is 3.25. The van der Waals surface area contributed by atoms with Gasteiger partial charge in [-0.15, -0.1) is 0 Å². The van der Waals surface area contributed by atoms with Crippen LogP contribution in [0.15, 0.2) is 21.5 Å². The standard InChI is InChI=1S/C9H8N4O4/c1-5-10-7(17-12-5)4-13-8(14)3-2-6(11-13)9(15)16/h2-3H,4H2,1H3,(H,15,16). The first kappa shape index (κ1) is 11.0. The summed E-state index contributed by atoms with van der Waals surface area (Å²) >= 11 is 0. The number of carboxylic acids is 1. The lowest BCUT2D eigenvalue weighted by Crippen LogP contribution is -2.25. The zero-order valence-electron chi connectivity index (χ0n) is 8.82. The average molecular weight is 236 g/mol. The molecule has 0 atom stereocenters. The van der Waals surface area contributed by atoms with Gasteiger partial charge in [0.25, 0.3) is 5.56 Å². The molecule has 0 aliphatic rings. The molecule has 2 rings (SSSR count). The zero-order chi connectivity index (χ0) is 12.4. The largest absolute Gasteiger partial charge is 0.476 e. The highest BCUT2D eigenvalue weighted by molar-refractivity contribution is 5.84. The van der Waals surface area contributed by atoms with Gasteiger partial charge < -0.3 is 9.63 Å². The van der Waals surface area contributed by atoms with E-state index in [1.807, 2.05) is 0 Å². The lowest BCUT2D eigenvalue weighted by Gasteiger charge is -2.00. The second kappa shape index (κ2) is 4.16. The van der Waals surface area contributed by atoms with Crippen LogP contribution >= 0.6 is 0 Å². The van der Waals surface area contributed by atoms with E-state index in [2.05, 4.69) is 15.2 Å². The SMILES string of the molecule is Cc1noc(Cn2nc(C(=O)O)ccc2=O)n1. The first-order valence-corrected chi connectivity index (χ1v) is 4.67. The highest BCUT2D eigenvalue weighted by Gasteiger charge is 2.10. The van der Waals surface area contributed by atoms with Crippen molar-refractivity contribution >= 4 is 5.97 Å². The minimum atomic E-state index is -1.21. The molecule has 0 radical (unpaired) electrons. The van der Waals surface area contributed by atoms with E-state index in [-0.39, 0.29) is 18.1 Å². The van der Waals surface area contributed by atoms with Crippen LogP contribution < -0.4 is 5.56 Å². The Morgan fingerprint density at radius 2 is 2.29 bits per heavy atom. The van der Waals surface area contributed by atoms with Gasteiger partial charge in [-0.3, -0.25) is 4.79 Å². The fourth-order valence-electron chi connectivity index (χ4n) is 1.21. The van der Waals surface area contributed by atoms with Gasteiger partial charge in [0.15, 0.2) is 11.5 Å². The van der Waals surface area contributed by atoms with Crippen molar-refractivity contribution in [1.29, 1.82) is 0 Å². The minimum Gasteiger partial charge on any atom is -0.476 e. The molecular weight excluding hydrogens is 228 g/mol. The quantitative estimate of drug-likeness (QED) is 0.777. The van der Waals surface area contributed by atoms with E-state index in [1.165, 1.54) is 0 Å². The average Bonchev–Trinajstić information content (AvgIpc) is 2.67. The Kier molecular flexibility index (Phi) is 2.69. The van der Waals surface area contributed by atoms with Crippen molar-refractivity contribution in [2.75, 3.05) is 0 Å². The van der Waals surface area contributed by atoms with Crippen molar-refractivity contribution < 1.29 is 14.4 Å². The third-order valence-electron chi connectivity index (χ3n) is 1.94. The predicted molar refractivity (Wildman–Crippen MR) is 53.6 cm³/mol. The maximum absolute atomic E-state index is 11.4. The smallest absolute Gasteiger partial charge is 0.356 e. The van der Waals surface area contributed by atoms with Crippen molar-refractivity contribution in [3.05, 3.63) is 39.9 Å². The number of aryl methyl sites for hydroxylation is 1. The van der Waals surface area contributed by atoms with Crippen LogP contribution in [0.4, 0.5) is 0 Å². The fraction of sp³-hybridized carbons (Fsp3) is 0.222. The molecule has 0 amide bonds. The summed E-state index contributed by atoms with van der Waals surface area (Å²) in [7, 11) is 0. The predicted octanol–water partition coefficient (Wildman–Crippen LogP) is -0.319. The first-order valence-electron chi connectivity index (χ1n) is 4.67. The van der Waals surface area contributed by atoms with E-state index < -0.39 is 11.5 Å². The molecule has 0 unspecified atom stereocenters. The summed E-state index contributed by atoms with van der Waals surface area (Å²) in [5, 5.41) is 15.9. The maximum atomic E-state index is 11.4. The van der Waals surface area contributed by atoms with E-state index in [1.54, 1.807) is 6.92 Å². The van der Waals surface area contributed by atoms with Crippen LogP contribution in [-0.2, 0) is 6.54 Å². The number of carbonyl (C=O) groups is 1. The summed E-state index contributed by atoms with van der Waals surface area (Å²) < 4.78 is 5.77. The van der Waals surface area contributed by atoms with Crippen molar-refractivity contribution in [1.82, 2.24) is 19.9 Å².